The van der Waals surface area contributed by atoms with E-state index in [4.69, 9.17) is 4.74 Å². The van der Waals surface area contributed by atoms with Gasteiger partial charge < -0.3 is 10.1 Å². The fourth-order valence-corrected chi connectivity index (χ4v) is 3.01. The molecule has 3 aromatic rings. The second kappa shape index (κ2) is 10.4. The van der Waals surface area contributed by atoms with Crippen molar-refractivity contribution in [3.8, 4) is 23.6 Å². The van der Waals surface area contributed by atoms with Crippen LogP contribution in [0.1, 0.15) is 16.7 Å². The first-order valence-corrected chi connectivity index (χ1v) is 9.86. The summed E-state index contributed by atoms with van der Waals surface area (Å²) in [5.74, 6) is -0.506. The van der Waals surface area contributed by atoms with Gasteiger partial charge in [-0.25, -0.2) is 0 Å². The van der Waals surface area contributed by atoms with Crippen molar-refractivity contribution in [2.75, 3.05) is 5.32 Å². The van der Waals surface area contributed by atoms with Gasteiger partial charge in [-0.2, -0.15) is 10.5 Å². The summed E-state index contributed by atoms with van der Waals surface area (Å²) in [5, 5.41) is 43.3. The highest BCUT2D eigenvalue weighted by Crippen LogP contribution is 2.29. The minimum atomic E-state index is -0.840. The van der Waals surface area contributed by atoms with Crippen molar-refractivity contribution >= 4 is 29.0 Å². The highest BCUT2D eigenvalue weighted by molar-refractivity contribution is 6.10. The summed E-state index contributed by atoms with van der Waals surface area (Å²) in [7, 11) is 0. The number of hydrogen-bond acceptors (Lipinski definition) is 8. The number of nitro benzene ring substituents is 2. The predicted molar refractivity (Wildman–Crippen MR) is 124 cm³/mol. The average molecular weight is 469 g/mol. The van der Waals surface area contributed by atoms with Crippen molar-refractivity contribution in [1.29, 1.82) is 10.5 Å². The van der Waals surface area contributed by atoms with E-state index in [2.05, 4.69) is 5.32 Å². The second-order valence-electron chi connectivity index (χ2n) is 7.13. The van der Waals surface area contributed by atoms with Gasteiger partial charge in [-0.15, -0.1) is 0 Å². The Morgan fingerprint density at radius 3 is 2.46 bits per heavy atom. The molecule has 0 radical (unpaired) electrons. The number of carbonyl (C=O) groups is 1. The molecule has 1 N–H and O–H groups in total. The van der Waals surface area contributed by atoms with E-state index < -0.39 is 15.8 Å². The number of non-ortho nitro benzene ring substituents is 1. The van der Waals surface area contributed by atoms with E-state index in [1.54, 1.807) is 37.3 Å². The van der Waals surface area contributed by atoms with Crippen LogP contribution in [0.4, 0.5) is 17.1 Å². The Hall–Kier alpha value is -5.55. The predicted octanol–water partition coefficient (Wildman–Crippen LogP) is 5.02. The first kappa shape index (κ1) is 24.1. The maximum atomic E-state index is 12.6. The summed E-state index contributed by atoms with van der Waals surface area (Å²) in [6.45, 7) is 1.67. The van der Waals surface area contributed by atoms with Crippen molar-refractivity contribution in [1.82, 2.24) is 0 Å². The van der Waals surface area contributed by atoms with Crippen LogP contribution >= 0.6 is 0 Å². The molecular formula is C24H15N5O6. The third-order valence-corrected chi connectivity index (χ3v) is 4.65. The molecule has 0 heterocycles. The first-order valence-electron chi connectivity index (χ1n) is 9.86. The molecule has 172 valence electrons. The monoisotopic (exact) mass is 469 g/mol. The smallest absolute Gasteiger partial charge is 0.293 e. The number of amides is 1. The molecule has 0 saturated carbocycles. The fourth-order valence-electron chi connectivity index (χ4n) is 3.01. The van der Waals surface area contributed by atoms with E-state index in [0.29, 0.717) is 11.1 Å². The van der Waals surface area contributed by atoms with Crippen molar-refractivity contribution in [2.45, 2.75) is 6.92 Å². The molecule has 0 aliphatic carbocycles. The van der Waals surface area contributed by atoms with Gasteiger partial charge in [0.1, 0.15) is 40.5 Å². The Bertz CT molecular complexity index is 1470. The van der Waals surface area contributed by atoms with Crippen molar-refractivity contribution in [3.63, 3.8) is 0 Å². The van der Waals surface area contributed by atoms with Gasteiger partial charge >= 0.3 is 0 Å². The number of nitrogens with one attached hydrogen (secondary N) is 1. The van der Waals surface area contributed by atoms with Crippen molar-refractivity contribution in [3.05, 3.63) is 103 Å². The van der Waals surface area contributed by atoms with Crippen LogP contribution < -0.4 is 10.1 Å². The lowest BCUT2D eigenvalue weighted by molar-refractivity contribution is -0.384. The minimum Gasteiger partial charge on any atom is -0.456 e. The molecule has 11 nitrogen and oxygen atoms in total. The van der Waals surface area contributed by atoms with Crippen LogP contribution in [0.25, 0.3) is 6.08 Å². The van der Waals surface area contributed by atoms with Crippen molar-refractivity contribution in [2.24, 2.45) is 0 Å². The molecule has 0 aromatic heterocycles. The van der Waals surface area contributed by atoms with E-state index in [1.807, 2.05) is 6.07 Å². The molecule has 35 heavy (non-hydrogen) atoms. The summed E-state index contributed by atoms with van der Waals surface area (Å²) < 4.78 is 5.67. The summed E-state index contributed by atoms with van der Waals surface area (Å²) in [6, 6.07) is 17.7. The van der Waals surface area contributed by atoms with Crippen LogP contribution in [-0.4, -0.2) is 15.8 Å². The quantitative estimate of drug-likeness (QED) is 0.217. The third kappa shape index (κ3) is 5.83. The van der Waals surface area contributed by atoms with Gasteiger partial charge in [0.15, 0.2) is 0 Å². The van der Waals surface area contributed by atoms with Crippen LogP contribution in [0.15, 0.2) is 66.2 Å². The highest BCUT2D eigenvalue weighted by Gasteiger charge is 2.18. The molecule has 0 fully saturated rings. The Labute approximate surface area is 198 Å². The van der Waals surface area contributed by atoms with E-state index in [9.17, 15) is 35.5 Å². The fraction of sp³-hybridized carbons (Fsp3) is 0.0417. The largest absolute Gasteiger partial charge is 0.456 e. The number of rotatable bonds is 7. The van der Waals surface area contributed by atoms with Gasteiger partial charge in [-0.3, -0.25) is 25.0 Å². The highest BCUT2D eigenvalue weighted by atomic mass is 16.6. The number of aryl methyl sites for hydroxylation is 1. The summed E-state index contributed by atoms with van der Waals surface area (Å²) in [4.78, 5) is 33.5. The van der Waals surface area contributed by atoms with Crippen LogP contribution in [0, 0.1) is 49.8 Å². The lowest BCUT2D eigenvalue weighted by atomic mass is 10.1. The van der Waals surface area contributed by atoms with Gasteiger partial charge in [0.25, 0.3) is 17.3 Å². The number of carbonyl (C=O) groups excluding carboxylic acids is 1. The lowest BCUT2D eigenvalue weighted by Gasteiger charge is -2.08. The Morgan fingerprint density at radius 2 is 1.80 bits per heavy atom. The van der Waals surface area contributed by atoms with Gasteiger partial charge in [0.2, 0.25) is 0 Å². The molecule has 0 bridgehead atoms. The van der Waals surface area contributed by atoms with Crippen LogP contribution in [0.2, 0.25) is 0 Å². The van der Waals surface area contributed by atoms with E-state index in [-0.39, 0.29) is 39.7 Å². The summed E-state index contributed by atoms with van der Waals surface area (Å²) in [6.07, 6.45) is 1.27. The average Bonchev–Trinajstić information content (AvgIpc) is 2.83. The molecule has 11 heteroatoms. The SMILES string of the molecule is Cc1ccc(NC(=O)/C(C#N)=C/c2cccc(Oc3ccc([N+](=O)[O-])cc3C#N)c2)c([N+](=O)[O-])c1. The second-order valence-corrected chi connectivity index (χ2v) is 7.13. The maximum absolute atomic E-state index is 12.6. The number of nitrogens with zero attached hydrogens (tertiary/aromatic N) is 4. The van der Waals surface area contributed by atoms with Gasteiger partial charge in [0.05, 0.1) is 9.85 Å². The van der Waals surface area contributed by atoms with Gasteiger partial charge in [0, 0.05) is 18.2 Å². The van der Waals surface area contributed by atoms with Gasteiger partial charge in [-0.05, 0) is 48.4 Å². The molecule has 3 aromatic carbocycles. The number of anilines is 1. The maximum Gasteiger partial charge on any atom is 0.293 e. The summed E-state index contributed by atoms with van der Waals surface area (Å²) in [5.41, 5.74) is 0.0581. The molecule has 1 amide bonds. The molecule has 3 rings (SSSR count). The molecule has 0 aliphatic rings. The molecule has 0 saturated heterocycles. The zero-order chi connectivity index (χ0) is 25.5. The van der Waals surface area contributed by atoms with Crippen LogP contribution in [0.3, 0.4) is 0 Å². The van der Waals surface area contributed by atoms with E-state index >= 15 is 0 Å². The molecule has 0 spiro atoms. The lowest BCUT2D eigenvalue weighted by Crippen LogP contribution is -2.14. The van der Waals surface area contributed by atoms with Crippen LogP contribution in [0.5, 0.6) is 11.5 Å². The number of hydrogen-bond donors (Lipinski definition) is 1. The minimum absolute atomic E-state index is 0.0445. The standard InChI is InChI=1S/C24H15N5O6/c1-15-5-7-21(22(9-15)29(33)34)27-24(30)18(14-26)10-16-3-2-4-20(11-16)35-23-8-6-19(28(31)32)12-17(23)13-25/h2-12H,1H3,(H,27,30)/b18-10+. The third-order valence-electron chi connectivity index (χ3n) is 4.65. The van der Waals surface area contributed by atoms with Crippen LogP contribution in [-0.2, 0) is 4.79 Å². The number of benzene rings is 3. The normalized spacial score (nSPS) is 10.5. The Balaban J connectivity index is 1.86. The number of ether oxygens (including phenoxy) is 1. The number of nitriles is 2. The van der Waals surface area contributed by atoms with Crippen molar-refractivity contribution < 1.29 is 19.4 Å². The first-order chi connectivity index (χ1) is 16.7. The zero-order valence-electron chi connectivity index (χ0n) is 18.1. The Kier molecular flexibility index (Phi) is 7.15. The Morgan fingerprint density at radius 1 is 1.03 bits per heavy atom. The van der Waals surface area contributed by atoms with E-state index in [1.165, 1.54) is 36.4 Å². The summed E-state index contributed by atoms with van der Waals surface area (Å²) >= 11 is 0. The van der Waals surface area contributed by atoms with Gasteiger partial charge in [-0.1, -0.05) is 18.2 Å². The molecule has 0 atom stereocenters. The molecule has 0 unspecified atom stereocenters. The topological polar surface area (TPSA) is 172 Å². The molecular weight excluding hydrogens is 454 g/mol. The zero-order valence-corrected chi connectivity index (χ0v) is 18.1. The van der Waals surface area contributed by atoms with E-state index in [0.717, 1.165) is 6.07 Å². The number of nitro groups is 2. The molecule has 0 aliphatic heterocycles.